The number of carbonyl (C=O) groups is 1. The Labute approximate surface area is 66.4 Å². The van der Waals surface area contributed by atoms with Crippen LogP contribution in [-0.2, 0) is 9.53 Å². The molecule has 0 aromatic carbocycles. The summed E-state index contributed by atoms with van der Waals surface area (Å²) in [6, 6.07) is 0. The minimum absolute atomic E-state index is 0.592. The second-order valence-electron chi connectivity index (χ2n) is 2.04. The molecule has 0 heterocycles. The van der Waals surface area contributed by atoms with Crippen LogP contribution in [0.2, 0.25) is 0 Å². The first kappa shape index (κ1) is 10.3. The van der Waals surface area contributed by atoms with E-state index in [0.717, 1.165) is 6.92 Å². The second kappa shape index (κ2) is 3.11. The van der Waals surface area contributed by atoms with E-state index < -0.39 is 21.7 Å². The maximum Gasteiger partial charge on any atom is 0.618 e. The van der Waals surface area contributed by atoms with E-state index in [-0.39, 0.29) is 0 Å². The molecule has 0 aliphatic heterocycles. The van der Waals surface area contributed by atoms with Crippen molar-refractivity contribution in [1.29, 1.82) is 0 Å². The van der Waals surface area contributed by atoms with Gasteiger partial charge in [-0.25, -0.2) is 0 Å². The molecule has 0 atom stereocenters. The Hall–Kier alpha value is -1.73. The number of rotatable bonds is 3. The van der Waals surface area contributed by atoms with E-state index in [4.69, 9.17) is 0 Å². The van der Waals surface area contributed by atoms with Gasteiger partial charge in [0.25, 0.3) is 0 Å². The van der Waals surface area contributed by atoms with Gasteiger partial charge >= 0.3 is 11.8 Å². The average molecular weight is 178 g/mol. The van der Waals surface area contributed by atoms with E-state index in [2.05, 4.69) is 4.74 Å². The lowest BCUT2D eigenvalue weighted by molar-refractivity contribution is -0.838. The molecule has 68 valence electrons. The standard InChI is InChI=1S/C4H6N2O6/c1-3(7)12-4(2,5(8)9)6(10)11/h1-2H3. The molecular weight excluding hydrogens is 172 g/mol. The second-order valence-corrected chi connectivity index (χ2v) is 2.04. The maximum absolute atomic E-state index is 10.2. The van der Waals surface area contributed by atoms with Crippen molar-refractivity contribution in [2.45, 2.75) is 19.7 Å². The quantitative estimate of drug-likeness (QED) is 0.255. The summed E-state index contributed by atoms with van der Waals surface area (Å²) in [6.07, 6.45) is 0. The monoisotopic (exact) mass is 178 g/mol. The zero-order chi connectivity index (χ0) is 9.94. The van der Waals surface area contributed by atoms with Crippen LogP contribution in [0, 0.1) is 20.2 Å². The molecule has 0 spiro atoms. The molecule has 0 unspecified atom stereocenters. The van der Waals surface area contributed by atoms with E-state index in [0.29, 0.717) is 6.92 Å². The highest BCUT2D eigenvalue weighted by atomic mass is 16.8. The van der Waals surface area contributed by atoms with Crippen LogP contribution in [0.3, 0.4) is 0 Å². The zero-order valence-electron chi connectivity index (χ0n) is 6.34. The molecule has 0 bridgehead atoms. The predicted octanol–water partition coefficient (Wildman–Crippen LogP) is -0.223. The lowest BCUT2D eigenvalue weighted by Crippen LogP contribution is -2.46. The van der Waals surface area contributed by atoms with Crippen molar-refractivity contribution in [2.24, 2.45) is 0 Å². The fourth-order valence-electron chi connectivity index (χ4n) is 0.413. The van der Waals surface area contributed by atoms with Crippen molar-refractivity contribution in [3.05, 3.63) is 20.2 Å². The van der Waals surface area contributed by atoms with Crippen LogP contribution in [0.1, 0.15) is 13.8 Å². The molecule has 0 saturated carbocycles. The topological polar surface area (TPSA) is 113 Å². The van der Waals surface area contributed by atoms with Crippen LogP contribution in [0.4, 0.5) is 0 Å². The molecule has 0 N–H and O–H groups in total. The molecule has 0 aliphatic carbocycles. The fourth-order valence-corrected chi connectivity index (χ4v) is 0.413. The minimum atomic E-state index is -2.88. The lowest BCUT2D eigenvalue weighted by Gasteiger charge is -2.10. The third-order valence-corrected chi connectivity index (χ3v) is 1.01. The van der Waals surface area contributed by atoms with Gasteiger partial charge in [0.1, 0.15) is 16.8 Å². The van der Waals surface area contributed by atoms with Gasteiger partial charge in [0.2, 0.25) is 0 Å². The van der Waals surface area contributed by atoms with Crippen molar-refractivity contribution in [3.63, 3.8) is 0 Å². The summed E-state index contributed by atoms with van der Waals surface area (Å²) >= 11 is 0. The number of nitro groups is 2. The van der Waals surface area contributed by atoms with Gasteiger partial charge in [-0.2, -0.15) is 0 Å². The zero-order valence-corrected chi connectivity index (χ0v) is 6.34. The number of hydrogen-bond donors (Lipinski definition) is 0. The Kier molecular flexibility index (Phi) is 2.66. The van der Waals surface area contributed by atoms with Crippen LogP contribution < -0.4 is 0 Å². The van der Waals surface area contributed by atoms with E-state index in [1.807, 2.05) is 0 Å². The van der Waals surface area contributed by atoms with Gasteiger partial charge in [0.15, 0.2) is 0 Å². The fraction of sp³-hybridized carbons (Fsp3) is 0.750. The molecule has 0 radical (unpaired) electrons. The van der Waals surface area contributed by atoms with Crippen LogP contribution in [-0.4, -0.2) is 21.7 Å². The molecule has 0 fully saturated rings. The van der Waals surface area contributed by atoms with Crippen molar-refractivity contribution in [1.82, 2.24) is 0 Å². The van der Waals surface area contributed by atoms with Gasteiger partial charge < -0.3 is 4.74 Å². The third kappa shape index (κ3) is 1.87. The Bertz CT molecular complexity index is 222. The van der Waals surface area contributed by atoms with Gasteiger partial charge in [0, 0.05) is 6.92 Å². The summed E-state index contributed by atoms with van der Waals surface area (Å²) < 4.78 is 3.92. The highest BCUT2D eigenvalue weighted by molar-refractivity contribution is 5.66. The summed E-state index contributed by atoms with van der Waals surface area (Å²) in [4.78, 5) is 27.8. The van der Waals surface area contributed by atoms with Gasteiger partial charge in [0.05, 0.1) is 0 Å². The summed E-state index contributed by atoms with van der Waals surface area (Å²) in [5.74, 6) is -3.96. The minimum Gasteiger partial charge on any atom is -0.338 e. The van der Waals surface area contributed by atoms with Crippen molar-refractivity contribution in [3.8, 4) is 0 Å². The highest BCUT2D eigenvalue weighted by Gasteiger charge is 2.55. The first-order chi connectivity index (χ1) is 5.30. The molecule has 0 aliphatic rings. The van der Waals surface area contributed by atoms with E-state index in [1.165, 1.54) is 0 Å². The molecule has 0 rings (SSSR count). The van der Waals surface area contributed by atoms with Crippen LogP contribution in [0.15, 0.2) is 0 Å². The van der Waals surface area contributed by atoms with Crippen LogP contribution >= 0.6 is 0 Å². The summed E-state index contributed by atoms with van der Waals surface area (Å²) in [7, 11) is 0. The molecular formula is C4H6N2O6. The van der Waals surface area contributed by atoms with E-state index in [1.54, 1.807) is 0 Å². The van der Waals surface area contributed by atoms with Crippen molar-refractivity contribution < 1.29 is 19.4 Å². The summed E-state index contributed by atoms with van der Waals surface area (Å²) in [5.41, 5.74) is 0. The summed E-state index contributed by atoms with van der Waals surface area (Å²) in [6.45, 7) is 1.44. The number of esters is 1. The number of nitrogens with zero attached hydrogens (tertiary/aromatic N) is 2. The maximum atomic E-state index is 10.2. The van der Waals surface area contributed by atoms with Gasteiger partial charge in [-0.3, -0.25) is 25.0 Å². The van der Waals surface area contributed by atoms with Crippen LogP contribution in [0.25, 0.3) is 0 Å². The molecule has 12 heavy (non-hydrogen) atoms. The molecule has 8 heteroatoms. The van der Waals surface area contributed by atoms with Gasteiger partial charge in [-0.05, 0) is 0 Å². The average Bonchev–Trinajstić information content (AvgIpc) is 1.84. The largest absolute Gasteiger partial charge is 0.618 e. The smallest absolute Gasteiger partial charge is 0.338 e. The number of ether oxygens (including phenoxy) is 1. The third-order valence-electron chi connectivity index (χ3n) is 1.01. The van der Waals surface area contributed by atoms with Gasteiger partial charge in [-0.15, -0.1) is 0 Å². The van der Waals surface area contributed by atoms with Crippen molar-refractivity contribution in [2.75, 3.05) is 0 Å². The SMILES string of the molecule is CC(=O)OC(C)([N+](=O)[O-])[N+](=O)[O-]. The summed E-state index contributed by atoms with van der Waals surface area (Å²) in [5, 5.41) is 20.2. The number of carbonyl (C=O) groups excluding carboxylic acids is 1. The van der Waals surface area contributed by atoms with Crippen LogP contribution in [0.5, 0.6) is 0 Å². The Morgan fingerprint density at radius 2 is 1.67 bits per heavy atom. The van der Waals surface area contributed by atoms with Crippen molar-refractivity contribution >= 4 is 5.97 Å². The van der Waals surface area contributed by atoms with E-state index in [9.17, 15) is 25.0 Å². The highest BCUT2D eigenvalue weighted by Crippen LogP contribution is 2.11. The molecule has 0 aromatic rings. The lowest BCUT2D eigenvalue weighted by atomic mass is 10.5. The Morgan fingerprint density at radius 3 is 1.75 bits per heavy atom. The molecule has 0 aromatic heterocycles. The van der Waals surface area contributed by atoms with E-state index >= 15 is 0 Å². The first-order valence-corrected chi connectivity index (χ1v) is 2.79. The molecule has 8 nitrogen and oxygen atoms in total. The number of hydrogen-bond acceptors (Lipinski definition) is 6. The van der Waals surface area contributed by atoms with Gasteiger partial charge in [-0.1, -0.05) is 0 Å². The Morgan fingerprint density at radius 1 is 1.33 bits per heavy atom. The molecule has 0 amide bonds. The molecule has 0 saturated heterocycles. The predicted molar refractivity (Wildman–Crippen MR) is 34.2 cm³/mol. The first-order valence-electron chi connectivity index (χ1n) is 2.79. The Balaban J connectivity index is 4.75. The normalized spacial score (nSPS) is 10.5.